The predicted octanol–water partition coefficient (Wildman–Crippen LogP) is 6.67. The molecule has 0 amide bonds. The Balaban J connectivity index is -0.000000112. The molecule has 0 bridgehead atoms. The lowest BCUT2D eigenvalue weighted by atomic mass is 10.1. The van der Waals surface area contributed by atoms with E-state index in [4.69, 9.17) is 9.47 Å². The smallest absolute Gasteiger partial charge is 0.308 e. The zero-order valence-electron chi connectivity index (χ0n) is 25.9. The molecule has 0 rings (SSSR count). The van der Waals surface area contributed by atoms with Crippen molar-refractivity contribution in [3.8, 4) is 0 Å². The zero-order valence-corrected chi connectivity index (χ0v) is 26.7. The second kappa shape index (κ2) is 23.0. The van der Waals surface area contributed by atoms with Gasteiger partial charge in [0.1, 0.15) is 21.2 Å². The van der Waals surface area contributed by atoms with Crippen LogP contribution in [-0.4, -0.2) is 49.4 Å². The van der Waals surface area contributed by atoms with E-state index in [-0.39, 0.29) is 52.4 Å². The highest BCUT2D eigenvalue weighted by atomic mass is 32.2. The molecule has 8 heteroatoms. The molecule has 0 fully saturated rings. The van der Waals surface area contributed by atoms with Gasteiger partial charge in [-0.1, -0.05) is 61.8 Å². The van der Waals surface area contributed by atoms with E-state index in [1.807, 2.05) is 76.2 Å². The highest BCUT2D eigenvalue weighted by Crippen LogP contribution is 2.10. The SMILES string of the molecule is CC(=O)C(C)C.CC(C)C(=O)OC(C)(C)C.CC(C)OC(=O)C(C)C.CC(C)S(C)(=O)=O.CCC. The number of carbonyl (C=O) groups excluding carboxylic acids is 3. The van der Waals surface area contributed by atoms with Crippen molar-refractivity contribution < 1.29 is 32.3 Å². The molecule has 0 spiro atoms. The highest BCUT2D eigenvalue weighted by molar-refractivity contribution is 7.91. The first-order valence-electron chi connectivity index (χ1n) is 12.5. The number of esters is 2. The minimum atomic E-state index is -2.74. The van der Waals surface area contributed by atoms with Crippen LogP contribution in [0.25, 0.3) is 0 Å². The van der Waals surface area contributed by atoms with Crippen molar-refractivity contribution in [2.24, 2.45) is 17.8 Å². The molecule has 214 valence electrons. The van der Waals surface area contributed by atoms with E-state index >= 15 is 0 Å². The normalized spacial score (nSPS) is 10.7. The van der Waals surface area contributed by atoms with Crippen molar-refractivity contribution in [2.75, 3.05) is 6.26 Å². The van der Waals surface area contributed by atoms with Gasteiger partial charge in [-0.05, 0) is 55.4 Å². The molecule has 0 aliphatic carbocycles. The Kier molecular flexibility index (Phi) is 28.6. The lowest BCUT2D eigenvalue weighted by molar-refractivity contribution is -0.158. The molecule has 0 atom stereocenters. The lowest BCUT2D eigenvalue weighted by Gasteiger charge is -2.20. The van der Waals surface area contributed by atoms with Gasteiger partial charge in [0.15, 0.2) is 0 Å². The molecule has 0 aromatic carbocycles. The molecule has 0 saturated carbocycles. The number of ether oxygens (including phenoxy) is 2. The number of hydrogen-bond acceptors (Lipinski definition) is 7. The lowest BCUT2D eigenvalue weighted by Crippen LogP contribution is -2.26. The Hall–Kier alpha value is -1.44. The van der Waals surface area contributed by atoms with Gasteiger partial charge in [-0.25, -0.2) is 8.42 Å². The third-order valence-corrected chi connectivity index (χ3v) is 5.08. The van der Waals surface area contributed by atoms with Crippen LogP contribution in [0, 0.1) is 17.8 Å². The first kappa shape index (κ1) is 43.6. The number of carbonyl (C=O) groups is 3. The standard InChI is InChI=1S/C8H16O2.C7H14O2.C5H10O.C4H10O2S.C3H8/c1-6(2)7(9)10-8(3,4)5;1-5(2)7(8)9-6(3)4;1-4(2)5(3)6;1-4(2)7(3,5)6;1-3-2/h6H,1-5H3;5-6H,1-4H3;4H,1-3H3;4H,1-3H3;3H2,1-2H3. The second-order valence-corrected chi connectivity index (χ2v) is 13.3. The van der Waals surface area contributed by atoms with Gasteiger partial charge in [-0.3, -0.25) is 14.4 Å². The summed E-state index contributed by atoms with van der Waals surface area (Å²) in [5, 5.41) is -0.229. The summed E-state index contributed by atoms with van der Waals surface area (Å²) in [6.07, 6.45) is 2.50. The fourth-order valence-corrected chi connectivity index (χ4v) is 0.788. The maximum atomic E-state index is 10.9. The van der Waals surface area contributed by atoms with E-state index in [9.17, 15) is 22.8 Å². The van der Waals surface area contributed by atoms with E-state index in [1.54, 1.807) is 20.8 Å². The summed E-state index contributed by atoms with van der Waals surface area (Å²) in [5.74, 6) is 0.184. The Morgan fingerprint density at radius 2 is 0.971 bits per heavy atom. The Morgan fingerprint density at radius 3 is 1.03 bits per heavy atom. The average Bonchev–Trinajstić information content (AvgIpc) is 2.60. The van der Waals surface area contributed by atoms with Crippen LogP contribution < -0.4 is 0 Å². The molecule has 0 aromatic heterocycles. The Morgan fingerprint density at radius 1 is 0.714 bits per heavy atom. The molecule has 0 unspecified atom stereocenters. The van der Waals surface area contributed by atoms with E-state index in [1.165, 1.54) is 12.7 Å². The van der Waals surface area contributed by atoms with E-state index < -0.39 is 9.84 Å². The molecule has 0 aliphatic rings. The monoisotopic (exact) mass is 526 g/mol. The van der Waals surface area contributed by atoms with Crippen molar-refractivity contribution in [1.29, 1.82) is 0 Å². The van der Waals surface area contributed by atoms with Gasteiger partial charge in [0.2, 0.25) is 0 Å². The van der Waals surface area contributed by atoms with Crippen molar-refractivity contribution >= 4 is 27.6 Å². The van der Waals surface area contributed by atoms with E-state index in [0.29, 0.717) is 0 Å². The van der Waals surface area contributed by atoms with Crippen LogP contribution in [0.2, 0.25) is 0 Å². The molecule has 0 saturated heterocycles. The van der Waals surface area contributed by atoms with Gasteiger partial charge in [0, 0.05) is 12.2 Å². The van der Waals surface area contributed by atoms with Gasteiger partial charge in [0.05, 0.1) is 23.2 Å². The summed E-state index contributed by atoms with van der Waals surface area (Å²) in [7, 11) is -2.74. The fraction of sp³-hybridized carbons (Fsp3) is 0.889. The summed E-state index contributed by atoms with van der Waals surface area (Å²) in [6.45, 7) is 29.6. The van der Waals surface area contributed by atoms with Crippen LogP contribution in [0.5, 0.6) is 0 Å². The maximum absolute atomic E-state index is 10.9. The zero-order chi connectivity index (χ0) is 29.7. The van der Waals surface area contributed by atoms with E-state index in [0.717, 1.165) is 0 Å². The Labute approximate surface area is 218 Å². The van der Waals surface area contributed by atoms with E-state index in [2.05, 4.69) is 13.8 Å². The van der Waals surface area contributed by atoms with Crippen LogP contribution >= 0.6 is 0 Å². The minimum absolute atomic E-state index is 0.00704. The van der Waals surface area contributed by atoms with Crippen LogP contribution in [0.1, 0.15) is 117 Å². The highest BCUT2D eigenvalue weighted by Gasteiger charge is 2.18. The predicted molar refractivity (Wildman–Crippen MR) is 148 cm³/mol. The second-order valence-electron chi connectivity index (χ2n) is 10.7. The summed E-state index contributed by atoms with van der Waals surface area (Å²) in [6, 6.07) is 0. The number of ketones is 1. The molecular weight excluding hydrogens is 468 g/mol. The van der Waals surface area contributed by atoms with Crippen molar-refractivity contribution in [2.45, 2.75) is 134 Å². The van der Waals surface area contributed by atoms with Gasteiger partial charge in [0.25, 0.3) is 0 Å². The quantitative estimate of drug-likeness (QED) is 0.369. The fourth-order valence-electron chi connectivity index (χ4n) is 0.788. The van der Waals surface area contributed by atoms with Crippen molar-refractivity contribution in [3.05, 3.63) is 0 Å². The molecule has 0 aromatic rings. The number of sulfone groups is 1. The summed E-state index contributed by atoms with van der Waals surface area (Å²) < 4.78 is 30.6. The third-order valence-electron chi connectivity index (χ3n) is 3.37. The first-order valence-corrected chi connectivity index (χ1v) is 14.4. The number of hydrogen-bond donors (Lipinski definition) is 0. The molecule has 0 aliphatic heterocycles. The van der Waals surface area contributed by atoms with Crippen molar-refractivity contribution in [3.63, 3.8) is 0 Å². The molecule has 7 nitrogen and oxygen atoms in total. The molecule has 35 heavy (non-hydrogen) atoms. The molecule has 0 N–H and O–H groups in total. The number of Topliss-reactive ketones (excluding diaryl/α,β-unsaturated/α-hetero) is 1. The number of rotatable bonds is 5. The van der Waals surface area contributed by atoms with Crippen LogP contribution in [0.4, 0.5) is 0 Å². The summed E-state index contributed by atoms with van der Waals surface area (Å²) >= 11 is 0. The minimum Gasteiger partial charge on any atom is -0.463 e. The summed E-state index contributed by atoms with van der Waals surface area (Å²) in [5.41, 5.74) is -0.346. The van der Waals surface area contributed by atoms with Crippen LogP contribution in [0.3, 0.4) is 0 Å². The molecule has 0 heterocycles. The summed E-state index contributed by atoms with van der Waals surface area (Å²) in [4.78, 5) is 31.8. The van der Waals surface area contributed by atoms with Gasteiger partial charge < -0.3 is 9.47 Å². The largest absolute Gasteiger partial charge is 0.463 e. The average molecular weight is 527 g/mol. The maximum Gasteiger partial charge on any atom is 0.308 e. The topological polar surface area (TPSA) is 104 Å². The van der Waals surface area contributed by atoms with Crippen LogP contribution in [0.15, 0.2) is 0 Å². The Bertz CT molecular complexity index is 639. The molecular formula is C27H58O7S. The van der Waals surface area contributed by atoms with Gasteiger partial charge in [-0.15, -0.1) is 0 Å². The van der Waals surface area contributed by atoms with Crippen molar-refractivity contribution in [1.82, 2.24) is 0 Å². The van der Waals surface area contributed by atoms with Gasteiger partial charge >= 0.3 is 11.9 Å². The first-order chi connectivity index (χ1) is 15.4. The van der Waals surface area contributed by atoms with Crippen LogP contribution in [-0.2, 0) is 33.7 Å². The van der Waals surface area contributed by atoms with Gasteiger partial charge in [-0.2, -0.15) is 0 Å². The third kappa shape index (κ3) is 46.5. The molecule has 0 radical (unpaired) electrons.